The zero-order valence-electron chi connectivity index (χ0n) is 12.2. The van der Waals surface area contributed by atoms with Gasteiger partial charge in [0, 0.05) is 6.04 Å². The highest BCUT2D eigenvalue weighted by Gasteiger charge is 2.17. The Morgan fingerprint density at radius 3 is 2.76 bits per heavy atom. The van der Waals surface area contributed by atoms with Gasteiger partial charge in [0.1, 0.15) is 5.51 Å². The summed E-state index contributed by atoms with van der Waals surface area (Å²) in [5, 5.41) is 10.6. The van der Waals surface area contributed by atoms with E-state index in [1.165, 1.54) is 28.7 Å². The normalized spacial score (nSPS) is 13.6. The number of hydrogen-bond donors (Lipinski definition) is 1. The zero-order chi connectivity index (χ0) is 15.1. The van der Waals surface area contributed by atoms with Gasteiger partial charge in [0.15, 0.2) is 4.34 Å². The van der Waals surface area contributed by atoms with Crippen molar-refractivity contribution in [3.8, 4) is 0 Å². The summed E-state index contributed by atoms with van der Waals surface area (Å²) in [4.78, 5) is 12.1. The lowest BCUT2D eigenvalue weighted by molar-refractivity contribution is -0.120. The Labute approximate surface area is 133 Å². The summed E-state index contributed by atoms with van der Waals surface area (Å²) in [6, 6.07) is 10.5. The van der Waals surface area contributed by atoms with Crippen LogP contribution in [0.3, 0.4) is 0 Å². The van der Waals surface area contributed by atoms with Crippen molar-refractivity contribution >= 4 is 29.0 Å². The Balaban J connectivity index is 1.73. The molecule has 0 bridgehead atoms. The molecule has 0 aliphatic carbocycles. The van der Waals surface area contributed by atoms with Crippen molar-refractivity contribution in [2.45, 2.75) is 42.3 Å². The van der Waals surface area contributed by atoms with Crippen molar-refractivity contribution < 1.29 is 4.79 Å². The van der Waals surface area contributed by atoms with E-state index in [1.54, 1.807) is 5.51 Å². The third kappa shape index (κ3) is 5.47. The summed E-state index contributed by atoms with van der Waals surface area (Å²) in [7, 11) is 0. The van der Waals surface area contributed by atoms with Crippen molar-refractivity contribution in [1.82, 2.24) is 15.5 Å². The number of nitrogens with one attached hydrogen (secondary N) is 1. The third-order valence-corrected chi connectivity index (χ3v) is 5.00. The van der Waals surface area contributed by atoms with Gasteiger partial charge in [-0.25, -0.2) is 0 Å². The zero-order valence-corrected chi connectivity index (χ0v) is 13.8. The average molecular weight is 321 g/mol. The van der Waals surface area contributed by atoms with Crippen molar-refractivity contribution in [2.24, 2.45) is 0 Å². The van der Waals surface area contributed by atoms with E-state index < -0.39 is 0 Å². The molecule has 1 heterocycles. The Hall–Kier alpha value is -1.40. The molecule has 0 aliphatic rings. The van der Waals surface area contributed by atoms with Gasteiger partial charge >= 0.3 is 0 Å². The fourth-order valence-corrected chi connectivity index (χ4v) is 3.51. The van der Waals surface area contributed by atoms with Crippen molar-refractivity contribution in [3.05, 3.63) is 41.4 Å². The number of aromatic nitrogens is 2. The van der Waals surface area contributed by atoms with Crippen LogP contribution in [0.15, 0.2) is 40.2 Å². The molecule has 2 unspecified atom stereocenters. The van der Waals surface area contributed by atoms with E-state index in [1.807, 2.05) is 32.0 Å². The maximum atomic E-state index is 12.1. The molecule has 1 amide bonds. The SMILES string of the molecule is CC(CCc1ccccc1)NC(=O)C(C)Sc1nncs1. The Bertz CT molecular complexity index is 545. The molecule has 0 fully saturated rings. The summed E-state index contributed by atoms with van der Waals surface area (Å²) in [6.45, 7) is 3.94. The smallest absolute Gasteiger partial charge is 0.233 e. The minimum absolute atomic E-state index is 0.0516. The highest BCUT2D eigenvalue weighted by Crippen LogP contribution is 2.24. The van der Waals surface area contributed by atoms with Crippen molar-refractivity contribution in [3.63, 3.8) is 0 Å². The molecule has 2 rings (SSSR count). The predicted molar refractivity (Wildman–Crippen MR) is 87.6 cm³/mol. The van der Waals surface area contributed by atoms with Gasteiger partial charge in [-0.15, -0.1) is 10.2 Å². The molecular weight excluding hydrogens is 302 g/mol. The number of benzene rings is 1. The lowest BCUT2D eigenvalue weighted by atomic mass is 10.1. The van der Waals surface area contributed by atoms with E-state index >= 15 is 0 Å². The van der Waals surface area contributed by atoms with Crippen LogP contribution in [0.2, 0.25) is 0 Å². The molecule has 0 saturated carbocycles. The van der Waals surface area contributed by atoms with E-state index in [9.17, 15) is 4.79 Å². The molecule has 0 spiro atoms. The Morgan fingerprint density at radius 2 is 2.10 bits per heavy atom. The predicted octanol–water partition coefficient (Wildman–Crippen LogP) is 3.16. The van der Waals surface area contributed by atoms with Crippen LogP contribution in [0.25, 0.3) is 0 Å². The van der Waals surface area contributed by atoms with Gasteiger partial charge in [0.2, 0.25) is 5.91 Å². The van der Waals surface area contributed by atoms with Crippen molar-refractivity contribution in [1.29, 1.82) is 0 Å². The molecule has 1 aromatic carbocycles. The first-order valence-electron chi connectivity index (χ1n) is 6.92. The summed E-state index contributed by atoms with van der Waals surface area (Å²) in [6.07, 6.45) is 1.91. The fourth-order valence-electron chi connectivity index (χ4n) is 1.88. The molecule has 21 heavy (non-hydrogen) atoms. The number of carbonyl (C=O) groups is 1. The number of hydrogen-bond acceptors (Lipinski definition) is 5. The Kier molecular flexibility index (Phi) is 6.20. The van der Waals surface area contributed by atoms with E-state index in [2.05, 4.69) is 27.6 Å². The number of carbonyl (C=O) groups excluding carboxylic acids is 1. The number of thioether (sulfide) groups is 1. The standard InChI is InChI=1S/C15H19N3OS2/c1-11(8-9-13-6-4-3-5-7-13)17-14(19)12(2)21-15-18-16-10-20-15/h3-7,10-12H,8-9H2,1-2H3,(H,17,19). The number of aryl methyl sites for hydroxylation is 1. The quantitative estimate of drug-likeness (QED) is 0.796. The monoisotopic (exact) mass is 321 g/mol. The molecule has 0 aliphatic heterocycles. The van der Waals surface area contributed by atoms with Crippen LogP contribution in [-0.4, -0.2) is 27.4 Å². The van der Waals surface area contributed by atoms with Gasteiger partial charge in [-0.05, 0) is 32.3 Å². The molecule has 4 nitrogen and oxygen atoms in total. The van der Waals surface area contributed by atoms with Gasteiger partial charge in [-0.3, -0.25) is 4.79 Å². The minimum atomic E-state index is -0.155. The molecule has 0 radical (unpaired) electrons. The molecule has 1 N–H and O–H groups in total. The minimum Gasteiger partial charge on any atom is -0.353 e. The maximum absolute atomic E-state index is 12.1. The maximum Gasteiger partial charge on any atom is 0.233 e. The number of rotatable bonds is 7. The van der Waals surface area contributed by atoms with Crippen LogP contribution >= 0.6 is 23.1 Å². The first-order valence-corrected chi connectivity index (χ1v) is 8.68. The fraction of sp³-hybridized carbons (Fsp3) is 0.400. The Morgan fingerprint density at radius 1 is 1.33 bits per heavy atom. The topological polar surface area (TPSA) is 54.9 Å². The molecule has 0 saturated heterocycles. The molecule has 2 aromatic rings. The van der Waals surface area contributed by atoms with Gasteiger partial charge in [0.25, 0.3) is 0 Å². The lowest BCUT2D eigenvalue weighted by Gasteiger charge is -2.16. The highest BCUT2D eigenvalue weighted by molar-refractivity contribution is 8.02. The number of amides is 1. The van der Waals surface area contributed by atoms with Crippen LogP contribution < -0.4 is 5.32 Å². The summed E-state index contributed by atoms with van der Waals surface area (Å²) in [5.74, 6) is 0.0516. The molecule has 6 heteroatoms. The highest BCUT2D eigenvalue weighted by atomic mass is 32.2. The summed E-state index contributed by atoms with van der Waals surface area (Å²) >= 11 is 2.90. The van der Waals surface area contributed by atoms with Gasteiger partial charge in [0.05, 0.1) is 5.25 Å². The van der Waals surface area contributed by atoms with Crippen molar-refractivity contribution in [2.75, 3.05) is 0 Å². The number of nitrogens with zero attached hydrogens (tertiary/aromatic N) is 2. The third-order valence-electron chi connectivity index (χ3n) is 3.08. The van der Waals surface area contributed by atoms with E-state index in [4.69, 9.17) is 0 Å². The average Bonchev–Trinajstić information content (AvgIpc) is 2.99. The van der Waals surface area contributed by atoms with Crippen LogP contribution in [0.1, 0.15) is 25.8 Å². The van der Waals surface area contributed by atoms with Crippen LogP contribution in [-0.2, 0) is 11.2 Å². The molecule has 1 aromatic heterocycles. The second-order valence-corrected chi connectivity index (χ2v) is 7.32. The summed E-state index contributed by atoms with van der Waals surface area (Å²) < 4.78 is 0.828. The van der Waals surface area contributed by atoms with Crippen LogP contribution in [0.4, 0.5) is 0 Å². The first kappa shape index (κ1) is 16.0. The van der Waals surface area contributed by atoms with Gasteiger partial charge in [-0.1, -0.05) is 53.4 Å². The van der Waals surface area contributed by atoms with E-state index in [0.717, 1.165) is 17.2 Å². The second kappa shape index (κ2) is 8.14. The van der Waals surface area contributed by atoms with Crippen LogP contribution in [0.5, 0.6) is 0 Å². The van der Waals surface area contributed by atoms with E-state index in [-0.39, 0.29) is 17.2 Å². The molecule has 2 atom stereocenters. The molecule has 112 valence electrons. The van der Waals surface area contributed by atoms with Gasteiger partial charge < -0.3 is 5.32 Å². The van der Waals surface area contributed by atoms with Crippen LogP contribution in [0, 0.1) is 0 Å². The van der Waals surface area contributed by atoms with E-state index in [0.29, 0.717) is 0 Å². The lowest BCUT2D eigenvalue weighted by Crippen LogP contribution is -2.37. The first-order chi connectivity index (χ1) is 10.1. The summed E-state index contributed by atoms with van der Waals surface area (Å²) in [5.41, 5.74) is 2.98. The van der Waals surface area contributed by atoms with Gasteiger partial charge in [-0.2, -0.15) is 0 Å². The second-order valence-electron chi connectivity index (χ2n) is 4.90. The largest absolute Gasteiger partial charge is 0.353 e. The molecular formula is C15H19N3OS2.